The number of aryl methyl sites for hydroxylation is 1. The Labute approximate surface area is 135 Å². The summed E-state index contributed by atoms with van der Waals surface area (Å²) in [5.74, 6) is 1.22. The Balaban J connectivity index is 2.28. The highest BCUT2D eigenvalue weighted by molar-refractivity contribution is 14.1. The molecular weight excluding hydrogens is 379 g/mol. The van der Waals surface area contributed by atoms with Crippen LogP contribution in [-0.4, -0.2) is 22.1 Å². The number of aromatic nitrogens is 3. The predicted octanol–water partition coefficient (Wildman–Crippen LogP) is 3.42. The Hall–Kier alpha value is -2.14. The number of fused-ring (bicyclic) bond motifs is 1. The number of nitrogens with one attached hydrogen (secondary N) is 1. The minimum Gasteiger partial charge on any atom is -0.480 e. The van der Waals surface area contributed by atoms with Gasteiger partial charge in [0.2, 0.25) is 5.88 Å². The minimum atomic E-state index is 0.527. The van der Waals surface area contributed by atoms with Crippen molar-refractivity contribution in [3.8, 4) is 23.3 Å². The number of pyridine rings is 1. The van der Waals surface area contributed by atoms with E-state index in [2.05, 4.69) is 43.6 Å². The molecule has 21 heavy (non-hydrogen) atoms. The van der Waals surface area contributed by atoms with E-state index in [4.69, 9.17) is 10.00 Å². The van der Waals surface area contributed by atoms with Crippen LogP contribution in [-0.2, 0) is 0 Å². The van der Waals surface area contributed by atoms with Crippen LogP contribution in [0.25, 0.3) is 22.4 Å². The fourth-order valence-electron chi connectivity index (χ4n) is 2.26. The highest BCUT2D eigenvalue weighted by Gasteiger charge is 2.16. The number of hydrogen-bond donors (Lipinski definition) is 1. The van der Waals surface area contributed by atoms with Crippen LogP contribution >= 0.6 is 22.6 Å². The Morgan fingerprint density at radius 1 is 1.38 bits per heavy atom. The maximum Gasteiger partial charge on any atom is 0.225 e. The van der Waals surface area contributed by atoms with Crippen molar-refractivity contribution in [2.75, 3.05) is 7.11 Å². The molecular formula is C15H11IN4O. The van der Waals surface area contributed by atoms with Crippen LogP contribution in [0.1, 0.15) is 11.1 Å². The molecule has 104 valence electrons. The molecule has 0 aliphatic heterocycles. The van der Waals surface area contributed by atoms with E-state index in [-0.39, 0.29) is 0 Å². The van der Waals surface area contributed by atoms with Crippen LogP contribution < -0.4 is 4.74 Å². The molecule has 0 aliphatic carbocycles. The van der Waals surface area contributed by atoms with Gasteiger partial charge in [0.1, 0.15) is 5.82 Å². The van der Waals surface area contributed by atoms with Crippen molar-refractivity contribution in [1.82, 2.24) is 15.0 Å². The molecule has 2 aromatic heterocycles. The van der Waals surface area contributed by atoms with Crippen molar-refractivity contribution in [3.05, 3.63) is 39.1 Å². The van der Waals surface area contributed by atoms with E-state index in [0.29, 0.717) is 17.3 Å². The van der Waals surface area contributed by atoms with Crippen molar-refractivity contribution in [2.45, 2.75) is 6.92 Å². The molecule has 0 aliphatic rings. The molecule has 1 N–H and O–H groups in total. The van der Waals surface area contributed by atoms with Gasteiger partial charge in [0, 0.05) is 9.77 Å². The first-order chi connectivity index (χ1) is 10.1. The molecule has 1 aromatic carbocycles. The zero-order chi connectivity index (χ0) is 15.0. The Morgan fingerprint density at radius 3 is 2.90 bits per heavy atom. The van der Waals surface area contributed by atoms with Gasteiger partial charge in [-0.3, -0.25) is 0 Å². The van der Waals surface area contributed by atoms with Crippen molar-refractivity contribution in [2.24, 2.45) is 0 Å². The van der Waals surface area contributed by atoms with E-state index < -0.39 is 0 Å². The van der Waals surface area contributed by atoms with Crippen molar-refractivity contribution in [1.29, 1.82) is 5.26 Å². The van der Waals surface area contributed by atoms with Crippen molar-refractivity contribution >= 4 is 33.6 Å². The van der Waals surface area contributed by atoms with Gasteiger partial charge >= 0.3 is 0 Å². The first-order valence-electron chi connectivity index (χ1n) is 6.23. The second-order valence-corrected chi connectivity index (χ2v) is 5.73. The van der Waals surface area contributed by atoms with E-state index in [9.17, 15) is 0 Å². The molecule has 0 amide bonds. The zero-order valence-corrected chi connectivity index (χ0v) is 13.6. The van der Waals surface area contributed by atoms with E-state index in [1.807, 2.05) is 19.1 Å². The molecule has 0 atom stereocenters. The smallest absolute Gasteiger partial charge is 0.225 e. The van der Waals surface area contributed by atoms with Gasteiger partial charge in [0.25, 0.3) is 0 Å². The second-order valence-electron chi connectivity index (χ2n) is 4.56. The highest BCUT2D eigenvalue weighted by Crippen LogP contribution is 2.32. The zero-order valence-electron chi connectivity index (χ0n) is 11.4. The van der Waals surface area contributed by atoms with Gasteiger partial charge in [-0.05, 0) is 53.3 Å². The quantitative estimate of drug-likeness (QED) is 0.681. The number of methoxy groups -OCH3 is 1. The maximum atomic E-state index is 9.06. The lowest BCUT2D eigenvalue weighted by Crippen LogP contribution is -1.95. The number of H-pyrrole nitrogens is 1. The standard InChI is InChI=1S/C15H11IN4O/c1-8-5-9(7-17)6-11-13(8)20-14(19-11)12-10(16)3-4-18-15(12)21-2/h3-6H,1-2H3,(H,19,20). The van der Waals surface area contributed by atoms with Crippen LogP contribution in [0.15, 0.2) is 24.4 Å². The number of rotatable bonds is 2. The third-order valence-electron chi connectivity index (χ3n) is 3.20. The SMILES string of the molecule is COc1nccc(I)c1-c1nc2c(C)cc(C#N)cc2[nH]1. The lowest BCUT2D eigenvalue weighted by Gasteiger charge is -2.06. The lowest BCUT2D eigenvalue weighted by atomic mass is 10.1. The fraction of sp³-hybridized carbons (Fsp3) is 0.133. The van der Waals surface area contributed by atoms with Crippen LogP contribution in [0.3, 0.4) is 0 Å². The average Bonchev–Trinajstić information content (AvgIpc) is 2.90. The topological polar surface area (TPSA) is 74.6 Å². The van der Waals surface area contributed by atoms with Gasteiger partial charge in [-0.1, -0.05) is 0 Å². The van der Waals surface area contributed by atoms with Gasteiger partial charge in [0.05, 0.1) is 35.3 Å². The summed E-state index contributed by atoms with van der Waals surface area (Å²) in [5.41, 5.74) is 4.09. The number of halogens is 1. The van der Waals surface area contributed by atoms with Gasteiger partial charge in [-0.2, -0.15) is 5.26 Å². The molecule has 0 saturated carbocycles. The van der Waals surface area contributed by atoms with Crippen LogP contribution in [0.2, 0.25) is 0 Å². The number of ether oxygens (including phenoxy) is 1. The predicted molar refractivity (Wildman–Crippen MR) is 88.0 cm³/mol. The van der Waals surface area contributed by atoms with E-state index in [1.54, 1.807) is 19.4 Å². The summed E-state index contributed by atoms with van der Waals surface area (Å²) in [5, 5.41) is 9.06. The Bertz CT molecular complexity index is 879. The van der Waals surface area contributed by atoms with Gasteiger partial charge in [-0.15, -0.1) is 0 Å². The van der Waals surface area contributed by atoms with Crippen molar-refractivity contribution < 1.29 is 4.74 Å². The minimum absolute atomic E-state index is 0.527. The average molecular weight is 390 g/mol. The molecule has 0 fully saturated rings. The third kappa shape index (κ3) is 2.34. The van der Waals surface area contributed by atoms with E-state index in [0.717, 1.165) is 25.7 Å². The molecule has 0 radical (unpaired) electrons. The van der Waals surface area contributed by atoms with Gasteiger partial charge in [0.15, 0.2) is 0 Å². The molecule has 0 unspecified atom stereocenters. The molecule has 0 spiro atoms. The summed E-state index contributed by atoms with van der Waals surface area (Å²) in [6, 6.07) is 7.69. The Morgan fingerprint density at radius 2 is 2.19 bits per heavy atom. The molecule has 0 saturated heterocycles. The number of aromatic amines is 1. The first-order valence-corrected chi connectivity index (χ1v) is 7.31. The summed E-state index contributed by atoms with van der Waals surface area (Å²) in [4.78, 5) is 12.1. The van der Waals surface area contributed by atoms with Gasteiger partial charge in [-0.25, -0.2) is 9.97 Å². The van der Waals surface area contributed by atoms with E-state index in [1.165, 1.54) is 0 Å². The molecule has 3 rings (SSSR count). The summed E-state index contributed by atoms with van der Waals surface area (Å²) < 4.78 is 6.32. The molecule has 6 heteroatoms. The molecule has 3 aromatic rings. The van der Waals surface area contributed by atoms with E-state index >= 15 is 0 Å². The first kappa shape index (κ1) is 13.8. The molecule has 5 nitrogen and oxygen atoms in total. The number of benzene rings is 1. The van der Waals surface area contributed by atoms with Crippen LogP contribution in [0, 0.1) is 21.8 Å². The number of imidazole rings is 1. The largest absolute Gasteiger partial charge is 0.480 e. The summed E-state index contributed by atoms with van der Waals surface area (Å²) >= 11 is 2.23. The fourth-order valence-corrected chi connectivity index (χ4v) is 2.91. The summed E-state index contributed by atoms with van der Waals surface area (Å²) in [6.45, 7) is 1.94. The monoisotopic (exact) mass is 390 g/mol. The Kier molecular flexibility index (Phi) is 3.51. The number of hydrogen-bond acceptors (Lipinski definition) is 4. The lowest BCUT2D eigenvalue weighted by molar-refractivity contribution is 0.399. The third-order valence-corrected chi connectivity index (χ3v) is 4.10. The molecule has 0 bridgehead atoms. The van der Waals surface area contributed by atoms with Crippen molar-refractivity contribution in [3.63, 3.8) is 0 Å². The summed E-state index contributed by atoms with van der Waals surface area (Å²) in [7, 11) is 1.59. The second kappa shape index (κ2) is 5.33. The number of nitriles is 1. The maximum absolute atomic E-state index is 9.06. The highest BCUT2D eigenvalue weighted by atomic mass is 127. The van der Waals surface area contributed by atoms with Crippen LogP contribution in [0.5, 0.6) is 5.88 Å². The summed E-state index contributed by atoms with van der Waals surface area (Å²) in [6.07, 6.45) is 1.70. The molecule has 2 heterocycles. The van der Waals surface area contributed by atoms with Gasteiger partial charge < -0.3 is 9.72 Å². The number of nitrogens with zero attached hydrogens (tertiary/aromatic N) is 3. The van der Waals surface area contributed by atoms with Crippen LogP contribution in [0.4, 0.5) is 0 Å². The normalized spacial score (nSPS) is 10.6.